The van der Waals surface area contributed by atoms with Gasteiger partial charge in [0, 0.05) is 5.69 Å². The Morgan fingerprint density at radius 2 is 1.75 bits per heavy atom. The van der Waals surface area contributed by atoms with Crippen molar-refractivity contribution in [3.05, 3.63) is 72.1 Å². The van der Waals surface area contributed by atoms with Gasteiger partial charge in [0.2, 0.25) is 5.91 Å². The number of hydrogen-bond donors (Lipinski definition) is 2. The zero-order chi connectivity index (χ0) is 16.6. The molecular formula is C18H16N4OS. The Balaban J connectivity index is 1.52. The zero-order valence-electron chi connectivity index (χ0n) is 12.8. The van der Waals surface area contributed by atoms with Crippen LogP contribution in [0.2, 0.25) is 0 Å². The molecule has 24 heavy (non-hydrogen) atoms. The minimum absolute atomic E-state index is 0.0797. The van der Waals surface area contributed by atoms with Gasteiger partial charge in [-0.3, -0.25) is 9.89 Å². The first-order valence-corrected chi connectivity index (χ1v) is 8.39. The number of thioether (sulfide) groups is 1. The third-order valence-corrected chi connectivity index (χ3v) is 4.07. The van der Waals surface area contributed by atoms with E-state index < -0.39 is 0 Å². The summed E-state index contributed by atoms with van der Waals surface area (Å²) in [4.78, 5) is 15.9. The zero-order valence-corrected chi connectivity index (χ0v) is 13.7. The summed E-state index contributed by atoms with van der Waals surface area (Å²) in [6.45, 7) is 0. The van der Waals surface area contributed by atoms with Crippen LogP contribution in [-0.4, -0.2) is 26.8 Å². The Hall–Kier alpha value is -2.86. The number of rotatable bonds is 6. The fourth-order valence-corrected chi connectivity index (χ4v) is 2.61. The number of aromatic nitrogens is 3. The first-order valence-electron chi connectivity index (χ1n) is 7.41. The smallest absolute Gasteiger partial charge is 0.234 e. The molecule has 3 aromatic rings. The maximum Gasteiger partial charge on any atom is 0.234 e. The molecule has 5 nitrogen and oxygen atoms in total. The van der Waals surface area contributed by atoms with E-state index in [1.807, 2.05) is 48.5 Å². The molecule has 3 rings (SSSR count). The van der Waals surface area contributed by atoms with Gasteiger partial charge in [0.15, 0.2) is 5.16 Å². The number of H-pyrrole nitrogens is 1. The molecule has 0 aliphatic heterocycles. The maximum absolute atomic E-state index is 11.9. The van der Waals surface area contributed by atoms with Gasteiger partial charge < -0.3 is 5.32 Å². The fourth-order valence-electron chi connectivity index (χ4n) is 2.03. The highest BCUT2D eigenvalue weighted by atomic mass is 32.2. The minimum atomic E-state index is -0.0797. The average Bonchev–Trinajstić information content (AvgIpc) is 3.14. The third-order valence-electron chi connectivity index (χ3n) is 3.20. The van der Waals surface area contributed by atoms with Crippen molar-refractivity contribution in [2.75, 3.05) is 11.1 Å². The molecule has 0 unspecified atom stereocenters. The summed E-state index contributed by atoms with van der Waals surface area (Å²) in [6.07, 6.45) is 5.52. The van der Waals surface area contributed by atoms with E-state index in [2.05, 4.69) is 38.7 Å². The van der Waals surface area contributed by atoms with Gasteiger partial charge in [0.05, 0.1) is 5.75 Å². The van der Waals surface area contributed by atoms with E-state index in [0.29, 0.717) is 5.16 Å². The number of carbonyl (C=O) groups is 1. The van der Waals surface area contributed by atoms with Crippen LogP contribution < -0.4 is 5.32 Å². The summed E-state index contributed by atoms with van der Waals surface area (Å²) < 4.78 is 0. The lowest BCUT2D eigenvalue weighted by Gasteiger charge is -2.04. The van der Waals surface area contributed by atoms with Crippen LogP contribution in [0.5, 0.6) is 0 Å². The van der Waals surface area contributed by atoms with E-state index in [0.717, 1.165) is 16.8 Å². The quantitative estimate of drug-likeness (QED) is 0.532. The van der Waals surface area contributed by atoms with Crippen molar-refractivity contribution in [2.45, 2.75) is 5.16 Å². The van der Waals surface area contributed by atoms with E-state index in [9.17, 15) is 4.79 Å². The van der Waals surface area contributed by atoms with Crippen LogP contribution in [-0.2, 0) is 4.79 Å². The lowest BCUT2D eigenvalue weighted by Crippen LogP contribution is -2.14. The number of benzene rings is 2. The third kappa shape index (κ3) is 4.82. The summed E-state index contributed by atoms with van der Waals surface area (Å²) in [7, 11) is 0. The second kappa shape index (κ2) is 8.12. The van der Waals surface area contributed by atoms with Gasteiger partial charge in [-0.05, 0) is 23.3 Å². The summed E-state index contributed by atoms with van der Waals surface area (Å²) in [5.74, 6) is 0.203. The van der Waals surface area contributed by atoms with Gasteiger partial charge in [-0.25, -0.2) is 4.98 Å². The molecule has 0 aliphatic carbocycles. The first kappa shape index (κ1) is 16.0. The molecular weight excluding hydrogens is 320 g/mol. The Bertz CT molecular complexity index is 799. The predicted molar refractivity (Wildman–Crippen MR) is 97.5 cm³/mol. The summed E-state index contributed by atoms with van der Waals surface area (Å²) in [5.41, 5.74) is 3.00. The van der Waals surface area contributed by atoms with E-state index >= 15 is 0 Å². The van der Waals surface area contributed by atoms with Gasteiger partial charge in [-0.15, -0.1) is 0 Å². The average molecular weight is 336 g/mol. The molecule has 1 heterocycles. The molecule has 0 saturated carbocycles. The Labute approximate surface area is 144 Å². The number of nitrogens with zero attached hydrogens (tertiary/aromatic N) is 2. The number of hydrogen-bond acceptors (Lipinski definition) is 4. The summed E-state index contributed by atoms with van der Waals surface area (Å²) >= 11 is 1.31. The molecule has 2 N–H and O–H groups in total. The number of amides is 1. The molecule has 0 spiro atoms. The standard InChI is InChI=1S/C18H16N4OS/c23-17(12-24-18-19-13-20-22-18)21-16-10-8-15(9-11-16)7-6-14-4-2-1-3-5-14/h1-11,13H,12H2,(H,21,23)(H,19,20,22)/b7-6+. The first-order chi connectivity index (χ1) is 11.8. The molecule has 120 valence electrons. The van der Waals surface area contributed by atoms with Crippen LogP contribution in [0.1, 0.15) is 11.1 Å². The van der Waals surface area contributed by atoms with Crippen LogP contribution in [0.25, 0.3) is 12.2 Å². The molecule has 2 aromatic carbocycles. The van der Waals surface area contributed by atoms with E-state index in [-0.39, 0.29) is 11.7 Å². The van der Waals surface area contributed by atoms with Crippen molar-refractivity contribution < 1.29 is 4.79 Å². The van der Waals surface area contributed by atoms with Crippen LogP contribution in [0.3, 0.4) is 0 Å². The fraction of sp³-hybridized carbons (Fsp3) is 0.0556. The summed E-state index contributed by atoms with van der Waals surface area (Å²) in [5, 5.41) is 9.93. The van der Waals surface area contributed by atoms with E-state index in [4.69, 9.17) is 0 Å². The molecule has 0 aliphatic rings. The topological polar surface area (TPSA) is 70.7 Å². The molecule has 0 atom stereocenters. The van der Waals surface area contributed by atoms with Crippen molar-refractivity contribution >= 4 is 35.5 Å². The number of nitrogens with one attached hydrogen (secondary N) is 2. The molecule has 1 amide bonds. The van der Waals surface area contributed by atoms with Crippen molar-refractivity contribution in [3.8, 4) is 0 Å². The van der Waals surface area contributed by atoms with Gasteiger partial charge in [-0.1, -0.05) is 66.4 Å². The number of aromatic amines is 1. The molecule has 1 aromatic heterocycles. The number of anilines is 1. The molecule has 0 radical (unpaired) electrons. The van der Waals surface area contributed by atoms with Crippen LogP contribution in [0.4, 0.5) is 5.69 Å². The van der Waals surface area contributed by atoms with Crippen LogP contribution >= 0.6 is 11.8 Å². The predicted octanol–water partition coefficient (Wildman–Crippen LogP) is 3.71. The normalized spacial score (nSPS) is 10.8. The lowest BCUT2D eigenvalue weighted by molar-refractivity contribution is -0.113. The molecule has 6 heteroatoms. The molecule has 0 fully saturated rings. The second-order valence-corrected chi connectivity index (χ2v) is 5.96. The highest BCUT2D eigenvalue weighted by molar-refractivity contribution is 7.99. The van der Waals surface area contributed by atoms with E-state index in [1.54, 1.807) is 0 Å². The monoisotopic (exact) mass is 336 g/mol. The van der Waals surface area contributed by atoms with Crippen LogP contribution in [0, 0.1) is 0 Å². The van der Waals surface area contributed by atoms with Crippen molar-refractivity contribution in [2.24, 2.45) is 0 Å². The maximum atomic E-state index is 11.9. The largest absolute Gasteiger partial charge is 0.325 e. The van der Waals surface area contributed by atoms with Gasteiger partial charge in [0.1, 0.15) is 6.33 Å². The van der Waals surface area contributed by atoms with Crippen molar-refractivity contribution in [1.29, 1.82) is 0 Å². The highest BCUT2D eigenvalue weighted by Gasteiger charge is 2.05. The highest BCUT2D eigenvalue weighted by Crippen LogP contribution is 2.15. The van der Waals surface area contributed by atoms with E-state index in [1.165, 1.54) is 18.1 Å². The van der Waals surface area contributed by atoms with Gasteiger partial charge in [-0.2, -0.15) is 5.10 Å². The minimum Gasteiger partial charge on any atom is -0.325 e. The Kier molecular flexibility index (Phi) is 5.42. The second-order valence-electron chi connectivity index (χ2n) is 4.99. The molecule has 0 saturated heterocycles. The van der Waals surface area contributed by atoms with Crippen LogP contribution in [0.15, 0.2) is 66.1 Å². The van der Waals surface area contributed by atoms with Crippen molar-refractivity contribution in [3.63, 3.8) is 0 Å². The van der Waals surface area contributed by atoms with Gasteiger partial charge in [0.25, 0.3) is 0 Å². The lowest BCUT2D eigenvalue weighted by atomic mass is 10.1. The SMILES string of the molecule is O=C(CSc1ncn[nH]1)Nc1ccc(/C=C/c2ccccc2)cc1. The molecule has 0 bridgehead atoms. The van der Waals surface area contributed by atoms with Crippen molar-refractivity contribution in [1.82, 2.24) is 15.2 Å². The van der Waals surface area contributed by atoms with Gasteiger partial charge >= 0.3 is 0 Å². The Morgan fingerprint density at radius 1 is 1.04 bits per heavy atom. The number of carbonyl (C=O) groups excluding carboxylic acids is 1. The summed E-state index contributed by atoms with van der Waals surface area (Å²) in [6, 6.07) is 17.8. The Morgan fingerprint density at radius 3 is 2.42 bits per heavy atom.